The van der Waals surface area contributed by atoms with E-state index in [9.17, 15) is 39.9 Å². The average Bonchev–Trinajstić information content (AvgIpc) is 1.52. The number of likely N-dealkylation sites (N-methyl/N-ethyl adjacent to an activating group) is 1. The van der Waals surface area contributed by atoms with Crippen molar-refractivity contribution < 1.29 is 93.0 Å². The molecule has 23 nitrogen and oxygen atoms in total. The lowest BCUT2D eigenvalue weighted by Gasteiger charge is -2.37. The summed E-state index contributed by atoms with van der Waals surface area (Å²) in [5.41, 5.74) is -8.14. The van der Waals surface area contributed by atoms with Crippen molar-refractivity contribution in [2.75, 3.05) is 75.3 Å². The summed E-state index contributed by atoms with van der Waals surface area (Å²) in [6, 6.07) is 15.3. The molecule has 10 aromatic rings. The Labute approximate surface area is 676 Å². The molecule has 120 heavy (non-hydrogen) atoms. The van der Waals surface area contributed by atoms with Gasteiger partial charge in [-0.3, -0.25) is 38.0 Å². The molecule has 6 aliphatic rings. The number of anilines is 2. The first-order valence-corrected chi connectivity index (χ1v) is 41.7. The van der Waals surface area contributed by atoms with E-state index in [0.29, 0.717) is 54.6 Å². The fraction of sp³-hybridized carbons (Fsp3) is 0.395. The van der Waals surface area contributed by atoms with E-state index in [1.54, 1.807) is 30.1 Å². The number of piperidine rings is 1. The summed E-state index contributed by atoms with van der Waals surface area (Å²) in [6.45, 7) is -0.649. The number of alkyl halides is 10. The third kappa shape index (κ3) is 16.0. The number of pyridine rings is 2. The monoisotopic (exact) mass is 1710 g/mol. The predicted octanol–water partition coefficient (Wildman–Crippen LogP) is 11.2. The molecule has 39 heteroatoms. The van der Waals surface area contributed by atoms with Gasteiger partial charge in [0.05, 0.1) is 64.3 Å². The molecule has 5 N–H and O–H groups in total. The Kier molecular flexibility index (Phi) is 20.7. The van der Waals surface area contributed by atoms with Crippen molar-refractivity contribution in [1.82, 2.24) is 69.2 Å². The van der Waals surface area contributed by atoms with Crippen LogP contribution in [0.2, 0.25) is 0 Å². The molecular weight excluding hydrogens is 1640 g/mol. The van der Waals surface area contributed by atoms with E-state index in [4.69, 9.17) is 9.97 Å². The van der Waals surface area contributed by atoms with Gasteiger partial charge in [0.15, 0.2) is 17.3 Å². The second-order valence-electron chi connectivity index (χ2n) is 31.7. The van der Waals surface area contributed by atoms with Crippen molar-refractivity contribution in [3.05, 3.63) is 194 Å². The normalized spacial score (nSPS) is 20.7. The Bertz CT molecular complexity index is 6210. The van der Waals surface area contributed by atoms with Gasteiger partial charge in [-0.2, -0.15) is 59.2 Å². The number of amides is 2. The fourth-order valence-electron chi connectivity index (χ4n) is 17.7. The molecule has 0 radical (unpaired) electrons. The number of fused-ring (bicyclic) bond motifs is 8. The Morgan fingerprint density at radius 1 is 0.592 bits per heavy atom. The molecular formula is C81H74F14N16O7S2. The number of sulfonamides is 2. The second kappa shape index (κ2) is 30.0. The van der Waals surface area contributed by atoms with Crippen LogP contribution >= 0.6 is 0 Å². The smallest absolute Gasteiger partial charge is 0.377 e. The molecule has 2 amide bonds. The van der Waals surface area contributed by atoms with Crippen molar-refractivity contribution in [2.45, 2.75) is 105 Å². The SMILES string of the molecule is CN1CCN(C(C#Cc2ccc(-c3cccc4c(NS(C)(=O)=O)nn(C)c34)c([C@H](Cc3cc(F)cc(F)c3)NC(=O)Cn3nc(C(F)(F)F)c4c3C(F)(F)[C@@H]3C[C@H]43)n2)C2[C@@H]3[C@H]2c2c(C(F)(F)F)cn(CC(=O)N[C@@H](Cc4cc(F)cc(F)c4)c4nc(C#CC5(O)CCN(C)CC5)ccc4-c4cccc5c(NS(C)(=O)=O)nn(C)c45)c2C3(F)F)CC1. The molecule has 4 aromatic carbocycles. The summed E-state index contributed by atoms with van der Waals surface area (Å²) in [5.74, 6) is -10.9. The van der Waals surface area contributed by atoms with E-state index in [0.717, 1.165) is 36.8 Å². The lowest BCUT2D eigenvalue weighted by Crippen LogP contribution is -2.50. The summed E-state index contributed by atoms with van der Waals surface area (Å²) in [4.78, 5) is 45.2. The van der Waals surface area contributed by atoms with Crippen LogP contribution in [0.5, 0.6) is 0 Å². The first-order valence-electron chi connectivity index (χ1n) is 37.9. The van der Waals surface area contributed by atoms with E-state index in [1.807, 2.05) is 16.8 Å². The average molecular weight is 1710 g/mol. The zero-order valence-corrected chi connectivity index (χ0v) is 66.1. The van der Waals surface area contributed by atoms with Gasteiger partial charge in [-0.15, -0.1) is 0 Å². The molecule has 4 aliphatic carbocycles. The summed E-state index contributed by atoms with van der Waals surface area (Å²) in [5, 5.41) is 29.7. The van der Waals surface area contributed by atoms with Gasteiger partial charge in [-0.05, 0) is 128 Å². The van der Waals surface area contributed by atoms with Gasteiger partial charge >= 0.3 is 12.4 Å². The van der Waals surface area contributed by atoms with Crippen LogP contribution in [0.15, 0.2) is 103 Å². The number of halogens is 14. The van der Waals surface area contributed by atoms with Crippen molar-refractivity contribution >= 4 is 65.3 Å². The first-order chi connectivity index (χ1) is 56.4. The molecule has 6 aromatic heterocycles. The van der Waals surface area contributed by atoms with E-state index in [2.05, 4.69) is 59.1 Å². The number of para-hydroxylation sites is 2. The van der Waals surface area contributed by atoms with Crippen LogP contribution in [0, 0.1) is 64.7 Å². The van der Waals surface area contributed by atoms with Gasteiger partial charge in [0.1, 0.15) is 59.0 Å². The van der Waals surface area contributed by atoms with Crippen molar-refractivity contribution in [3.8, 4) is 45.9 Å². The van der Waals surface area contributed by atoms with E-state index in [1.165, 1.54) is 65.9 Å². The Morgan fingerprint density at radius 2 is 1.08 bits per heavy atom. The quantitative estimate of drug-likeness (QED) is 0.0351. The van der Waals surface area contributed by atoms with Gasteiger partial charge in [0, 0.05) is 147 Å². The maximum absolute atomic E-state index is 18.2. The number of rotatable bonds is 20. The topological polar surface area (TPSA) is 265 Å². The molecule has 8 atom stereocenters. The van der Waals surface area contributed by atoms with Gasteiger partial charge in [-0.25, -0.2) is 44.4 Å². The maximum atomic E-state index is 18.2. The van der Waals surface area contributed by atoms with E-state index in [-0.39, 0.29) is 121 Å². The molecule has 2 saturated carbocycles. The zero-order chi connectivity index (χ0) is 85.7. The summed E-state index contributed by atoms with van der Waals surface area (Å²) >= 11 is 0. The van der Waals surface area contributed by atoms with Crippen LogP contribution in [0.3, 0.4) is 0 Å². The van der Waals surface area contributed by atoms with Gasteiger partial charge in [0.25, 0.3) is 11.8 Å². The minimum atomic E-state index is -5.36. The second-order valence-corrected chi connectivity index (χ2v) is 35.2. The number of aromatic nitrogens is 9. The van der Waals surface area contributed by atoms with Crippen LogP contribution in [-0.4, -0.2) is 170 Å². The third-order valence-corrected chi connectivity index (χ3v) is 24.2. The van der Waals surface area contributed by atoms with Gasteiger partial charge in [-0.1, -0.05) is 36.1 Å². The largest absolute Gasteiger partial charge is 0.435 e. The number of nitrogens with zero attached hydrogens (tertiary/aromatic N) is 12. The van der Waals surface area contributed by atoms with Crippen LogP contribution in [-0.2, 0) is 93.9 Å². The fourth-order valence-corrected chi connectivity index (χ4v) is 18.7. The number of benzene rings is 4. The number of likely N-dealkylation sites (tertiary alicyclic amines) is 1. The number of carbonyl (C=O) groups excluding carboxylic acids is 2. The van der Waals surface area contributed by atoms with Crippen LogP contribution in [0.1, 0.15) is 111 Å². The van der Waals surface area contributed by atoms with Crippen molar-refractivity contribution in [2.24, 2.45) is 31.8 Å². The van der Waals surface area contributed by atoms with Crippen molar-refractivity contribution in [1.29, 1.82) is 0 Å². The van der Waals surface area contributed by atoms with Gasteiger partial charge < -0.3 is 30.1 Å². The number of aryl methyl sites for hydroxylation is 2. The molecule has 0 bridgehead atoms. The first kappa shape index (κ1) is 82.7. The number of hydrogen-bond donors (Lipinski definition) is 5. The van der Waals surface area contributed by atoms with Crippen molar-refractivity contribution in [3.63, 3.8) is 0 Å². The van der Waals surface area contributed by atoms with E-state index >= 15 is 53.1 Å². The minimum absolute atomic E-state index is 0.00530. The third-order valence-electron chi connectivity index (χ3n) is 23.0. The summed E-state index contributed by atoms with van der Waals surface area (Å²) in [6.07, 6.45) is -9.34. The molecule has 8 heterocycles. The molecule has 16 rings (SSSR count). The van der Waals surface area contributed by atoms with Gasteiger partial charge in [0.2, 0.25) is 31.9 Å². The molecule has 2 unspecified atom stereocenters. The maximum Gasteiger partial charge on any atom is 0.435 e. The Morgan fingerprint density at radius 3 is 1.57 bits per heavy atom. The number of nitrogens with one attached hydrogen (secondary N) is 4. The van der Waals surface area contributed by atoms with E-state index < -0.39 is 192 Å². The molecule has 630 valence electrons. The lowest BCUT2D eigenvalue weighted by atomic mass is 9.92. The lowest BCUT2D eigenvalue weighted by molar-refractivity contribution is -0.142. The number of hydrogen-bond acceptors (Lipinski definition) is 15. The predicted molar refractivity (Wildman–Crippen MR) is 410 cm³/mol. The highest BCUT2D eigenvalue weighted by Gasteiger charge is 2.75. The number of carbonyl (C=O) groups is 2. The Balaban J connectivity index is 0.782. The van der Waals surface area contributed by atoms with Crippen LogP contribution < -0.4 is 20.1 Å². The van der Waals surface area contributed by atoms with Crippen LogP contribution in [0.4, 0.5) is 73.1 Å². The summed E-state index contributed by atoms with van der Waals surface area (Å²) in [7, 11) is -1.32. The number of aliphatic hydroxyl groups is 1. The molecule has 2 saturated heterocycles. The Hall–Kier alpha value is -11.0. The highest BCUT2D eigenvalue weighted by Crippen LogP contribution is 2.74. The standard InChI is InChI=1S/C81H74F14N16O7S2/c1-105-23-21-77(114,22-24-105)20-19-48-14-17-50(52-10-8-12-54-71(52)108(4)102-76(54)104-120(6,117)118)69(97-48)58(33-41-29-43(82)35-44(83)30-41)98-61(112)39-110-38-57(80(90,91)92)64-66-65(67(66)79(88,89)73(64)110)60(109-27-25-106(2)26-28-109)18-15-47-13-16-49(51-9-7-11-53-70(51)107(3)101-75(53)103-119(5,115)116)68(96-47)59(34-42-31-45(84)36-46(85)32-42)99-62(113)40-111-74-63(72(100-111)81(93,94)95)55-37-56(55)78(74,86)87/h7-14,16-17,29-32,35-36,38,55-56,58-60,65-67,114H,21-28,33-34,37,39-40H2,1-6H3,(H,98,112)(H,99,113)(H,101,103)(H,102,104)/t55-,56+,58-,59-,60?,65?,66-,67+/m0/s1. The highest BCUT2D eigenvalue weighted by molar-refractivity contribution is 7.92. The summed E-state index contributed by atoms with van der Waals surface area (Å²) < 4.78 is 280. The highest BCUT2D eigenvalue weighted by atomic mass is 32.2. The number of piperazine rings is 1. The molecule has 4 fully saturated rings. The van der Waals surface area contributed by atoms with Crippen LogP contribution in [0.25, 0.3) is 44.1 Å². The minimum Gasteiger partial charge on any atom is -0.377 e. The zero-order valence-electron chi connectivity index (χ0n) is 64.5. The molecule has 0 spiro atoms. The molecule has 2 aliphatic heterocycles.